The first-order valence-corrected chi connectivity index (χ1v) is 13.5. The first-order chi connectivity index (χ1) is 13.4. The number of hydrogen-bond donors (Lipinski definition) is 1. The highest BCUT2D eigenvalue weighted by atomic mass is 28.4. The fourth-order valence-corrected chi connectivity index (χ4v) is 6.00. The Hall–Kier alpha value is -0.433. The molecule has 0 aliphatic carbocycles. The monoisotopic (exact) mass is 431 g/mol. The Morgan fingerprint density at radius 1 is 0.862 bits per heavy atom. The van der Waals surface area contributed by atoms with Crippen LogP contribution in [0.4, 0.5) is 0 Å². The minimum Gasteiger partial charge on any atom is -0.373 e. The second-order valence-corrected chi connectivity index (χ2v) is 13.0. The Morgan fingerprint density at radius 2 is 1.31 bits per heavy atom. The van der Waals surface area contributed by atoms with Crippen molar-refractivity contribution in [3.63, 3.8) is 0 Å². The summed E-state index contributed by atoms with van der Waals surface area (Å²) in [5, 5.41) is 3.17. The van der Waals surface area contributed by atoms with Gasteiger partial charge >= 0.3 is 8.80 Å². The third kappa shape index (κ3) is 12.8. The van der Waals surface area contributed by atoms with Crippen molar-refractivity contribution >= 4 is 14.7 Å². The molecule has 0 radical (unpaired) electrons. The van der Waals surface area contributed by atoms with E-state index >= 15 is 0 Å². The van der Waals surface area contributed by atoms with Crippen LogP contribution in [-0.2, 0) is 18.1 Å². The molecule has 0 rings (SSSR count). The quantitative estimate of drug-likeness (QED) is 0.262. The third-order valence-electron chi connectivity index (χ3n) is 4.72. The van der Waals surface area contributed by atoms with Crippen molar-refractivity contribution in [2.45, 2.75) is 100 Å². The van der Waals surface area contributed by atoms with Crippen LogP contribution in [0.25, 0.3) is 0 Å². The predicted molar refractivity (Wildman–Crippen MR) is 124 cm³/mol. The van der Waals surface area contributed by atoms with Crippen LogP contribution in [-0.4, -0.2) is 41.1 Å². The summed E-state index contributed by atoms with van der Waals surface area (Å²) in [4.78, 5) is 12.9. The van der Waals surface area contributed by atoms with Gasteiger partial charge in [-0.2, -0.15) is 0 Å². The van der Waals surface area contributed by atoms with Crippen LogP contribution in [0.5, 0.6) is 0 Å². The van der Waals surface area contributed by atoms with E-state index in [4.69, 9.17) is 13.3 Å². The van der Waals surface area contributed by atoms with Gasteiger partial charge in [0.2, 0.25) is 5.91 Å². The Morgan fingerprint density at radius 3 is 1.66 bits per heavy atom. The van der Waals surface area contributed by atoms with Gasteiger partial charge in [0, 0.05) is 38.3 Å². The molecule has 5 nitrogen and oxygen atoms in total. The summed E-state index contributed by atoms with van der Waals surface area (Å²) in [6, 6.07) is 0.743. The summed E-state index contributed by atoms with van der Waals surface area (Å²) >= 11 is 0. The molecule has 0 aromatic rings. The van der Waals surface area contributed by atoms with Crippen molar-refractivity contribution in [1.82, 2.24) is 5.32 Å². The van der Waals surface area contributed by atoms with Crippen LogP contribution in [0.15, 0.2) is 0 Å². The van der Waals surface area contributed by atoms with Crippen LogP contribution >= 0.6 is 0 Å². The number of nitrogens with one attached hydrogen (secondary N) is 1. The van der Waals surface area contributed by atoms with Crippen LogP contribution in [0.2, 0.25) is 6.04 Å². The molecule has 1 amide bonds. The SMILES string of the molecule is CCCO[Si](CCCNC(=O)C(CC(C)(C)C)C(C)(C)C)(OCCC)OCCC. The van der Waals surface area contributed by atoms with E-state index in [1.807, 2.05) is 0 Å². The van der Waals surface area contributed by atoms with Crippen LogP contribution < -0.4 is 5.32 Å². The van der Waals surface area contributed by atoms with Gasteiger partial charge in [-0.1, -0.05) is 62.3 Å². The molecule has 1 atom stereocenters. The second kappa shape index (κ2) is 13.8. The summed E-state index contributed by atoms with van der Waals surface area (Å²) in [5.41, 5.74) is 0.0575. The zero-order chi connectivity index (χ0) is 22.6. The van der Waals surface area contributed by atoms with E-state index in [0.29, 0.717) is 26.4 Å². The summed E-state index contributed by atoms with van der Waals surface area (Å²) in [5.74, 6) is 0.145. The topological polar surface area (TPSA) is 56.8 Å². The van der Waals surface area contributed by atoms with Crippen molar-refractivity contribution in [3.05, 3.63) is 0 Å². The van der Waals surface area contributed by atoms with Crippen molar-refractivity contribution in [2.24, 2.45) is 16.7 Å². The van der Waals surface area contributed by atoms with Gasteiger partial charge in [-0.25, -0.2) is 0 Å². The predicted octanol–water partition coefficient (Wildman–Crippen LogP) is 5.81. The van der Waals surface area contributed by atoms with Gasteiger partial charge in [0.1, 0.15) is 0 Å². The van der Waals surface area contributed by atoms with Gasteiger partial charge in [0.25, 0.3) is 0 Å². The van der Waals surface area contributed by atoms with Gasteiger partial charge in [0.05, 0.1) is 0 Å². The summed E-state index contributed by atoms with van der Waals surface area (Å²) in [6.07, 6.45) is 4.50. The van der Waals surface area contributed by atoms with Gasteiger partial charge in [-0.3, -0.25) is 4.79 Å². The first kappa shape index (κ1) is 28.6. The lowest BCUT2D eigenvalue weighted by Crippen LogP contribution is -2.47. The zero-order valence-corrected chi connectivity index (χ0v) is 21.8. The maximum Gasteiger partial charge on any atom is 0.501 e. The minimum absolute atomic E-state index is 0.00599. The zero-order valence-electron chi connectivity index (χ0n) is 20.8. The largest absolute Gasteiger partial charge is 0.501 e. The molecule has 0 saturated carbocycles. The highest BCUT2D eigenvalue weighted by molar-refractivity contribution is 6.60. The molecule has 0 heterocycles. The Balaban J connectivity index is 4.89. The van der Waals surface area contributed by atoms with E-state index in [0.717, 1.165) is 38.1 Å². The van der Waals surface area contributed by atoms with Crippen molar-refractivity contribution in [3.8, 4) is 0 Å². The molecule has 6 heteroatoms. The number of rotatable bonds is 15. The molecule has 0 aliphatic rings. The number of hydrogen-bond acceptors (Lipinski definition) is 4. The molecule has 1 unspecified atom stereocenters. The second-order valence-electron chi connectivity index (χ2n) is 10.3. The molecular formula is C23H49NO4Si. The highest BCUT2D eigenvalue weighted by Crippen LogP contribution is 2.36. The lowest BCUT2D eigenvalue weighted by Gasteiger charge is -2.34. The molecule has 0 aromatic heterocycles. The van der Waals surface area contributed by atoms with Crippen molar-refractivity contribution in [2.75, 3.05) is 26.4 Å². The first-order valence-electron chi connectivity index (χ1n) is 11.6. The maximum atomic E-state index is 12.9. The van der Waals surface area contributed by atoms with Gasteiger partial charge in [-0.05, 0) is 42.9 Å². The van der Waals surface area contributed by atoms with E-state index in [1.165, 1.54) is 0 Å². The van der Waals surface area contributed by atoms with Gasteiger partial charge in [-0.15, -0.1) is 0 Å². The van der Waals surface area contributed by atoms with Crippen molar-refractivity contribution in [1.29, 1.82) is 0 Å². The van der Waals surface area contributed by atoms with E-state index in [9.17, 15) is 4.79 Å². The molecule has 0 saturated heterocycles. The lowest BCUT2D eigenvalue weighted by atomic mass is 9.71. The Kier molecular flexibility index (Phi) is 13.6. The average Bonchev–Trinajstić information content (AvgIpc) is 2.62. The molecule has 0 aliphatic heterocycles. The van der Waals surface area contributed by atoms with E-state index in [-0.39, 0.29) is 22.7 Å². The van der Waals surface area contributed by atoms with E-state index < -0.39 is 8.80 Å². The van der Waals surface area contributed by atoms with Gasteiger partial charge in [0.15, 0.2) is 0 Å². The average molecular weight is 432 g/mol. The van der Waals surface area contributed by atoms with Gasteiger partial charge < -0.3 is 18.6 Å². The van der Waals surface area contributed by atoms with E-state index in [1.54, 1.807) is 0 Å². The van der Waals surface area contributed by atoms with E-state index in [2.05, 4.69) is 67.6 Å². The Bertz CT molecular complexity index is 421. The molecule has 0 spiro atoms. The van der Waals surface area contributed by atoms with Crippen LogP contribution in [0.3, 0.4) is 0 Å². The fourth-order valence-electron chi connectivity index (χ4n) is 3.16. The Labute approximate surface area is 182 Å². The fraction of sp³-hybridized carbons (Fsp3) is 0.957. The highest BCUT2D eigenvalue weighted by Gasteiger charge is 2.40. The maximum absolute atomic E-state index is 12.9. The number of amides is 1. The lowest BCUT2D eigenvalue weighted by molar-refractivity contribution is -0.129. The van der Waals surface area contributed by atoms with Crippen LogP contribution in [0, 0.1) is 16.7 Å². The molecule has 1 N–H and O–H groups in total. The van der Waals surface area contributed by atoms with Crippen LogP contribution in [0.1, 0.15) is 94.4 Å². The summed E-state index contributed by atoms with van der Waals surface area (Å²) < 4.78 is 18.4. The van der Waals surface area contributed by atoms with Crippen molar-refractivity contribution < 1.29 is 18.1 Å². The smallest absolute Gasteiger partial charge is 0.373 e. The molecule has 0 bridgehead atoms. The molecular weight excluding hydrogens is 382 g/mol. The third-order valence-corrected chi connectivity index (χ3v) is 7.61. The number of carbonyl (C=O) groups excluding carboxylic acids is 1. The normalized spacial score (nSPS) is 14.1. The molecule has 174 valence electrons. The summed E-state index contributed by atoms with van der Waals surface area (Å²) in [7, 11) is -2.68. The summed E-state index contributed by atoms with van der Waals surface area (Å²) in [6.45, 7) is 21.9. The number of carbonyl (C=O) groups is 1. The molecule has 0 aromatic carbocycles. The molecule has 0 fully saturated rings. The standard InChI is InChI=1S/C23H49NO4Si/c1-10-15-26-29(27-16-11-2,28-17-12-3)18-13-14-24-21(25)20(23(7,8)9)19-22(4,5)6/h20H,10-19H2,1-9H3,(H,24,25). The molecule has 29 heavy (non-hydrogen) atoms. The minimum atomic E-state index is -2.68.